The van der Waals surface area contributed by atoms with Crippen molar-refractivity contribution in [3.63, 3.8) is 0 Å². The van der Waals surface area contributed by atoms with Crippen molar-refractivity contribution < 1.29 is 23.1 Å². The van der Waals surface area contributed by atoms with Gasteiger partial charge in [-0.25, -0.2) is 17.5 Å². The number of fused-ring (bicyclic) bond motifs is 2. The van der Waals surface area contributed by atoms with Crippen LogP contribution in [0, 0.1) is 17.5 Å². The van der Waals surface area contributed by atoms with E-state index in [1.807, 2.05) is 18.2 Å². The van der Waals surface area contributed by atoms with E-state index in [0.29, 0.717) is 29.6 Å². The Kier molecular flexibility index (Phi) is 7.63. The van der Waals surface area contributed by atoms with Gasteiger partial charge in [-0.2, -0.15) is 0 Å². The first-order valence-corrected chi connectivity index (χ1v) is 14.7. The van der Waals surface area contributed by atoms with E-state index in [-0.39, 0.29) is 40.1 Å². The smallest absolute Gasteiger partial charge is 0.255 e. The minimum Gasteiger partial charge on any atom is -0.503 e. The molecule has 3 saturated heterocycles. The summed E-state index contributed by atoms with van der Waals surface area (Å²) < 4.78 is 44.0. The first-order chi connectivity index (χ1) is 19.3. The van der Waals surface area contributed by atoms with E-state index in [4.69, 9.17) is 11.6 Å². The number of amides is 1. The molecule has 2 bridgehead atoms. The Bertz CT molecular complexity index is 1400. The van der Waals surface area contributed by atoms with E-state index < -0.39 is 11.6 Å². The summed E-state index contributed by atoms with van der Waals surface area (Å²) in [5, 5.41) is 10.8. The van der Waals surface area contributed by atoms with Gasteiger partial charge in [-0.05, 0) is 91.6 Å². The number of piperidine rings is 1. The highest BCUT2D eigenvalue weighted by atomic mass is 35.5. The molecule has 10 heteroatoms. The quantitative estimate of drug-likeness (QED) is 0.331. The molecule has 40 heavy (non-hydrogen) atoms. The number of piperazine rings is 1. The van der Waals surface area contributed by atoms with Gasteiger partial charge in [0.2, 0.25) is 0 Å². The van der Waals surface area contributed by atoms with Gasteiger partial charge in [0.15, 0.2) is 11.6 Å². The number of rotatable bonds is 5. The molecule has 3 aromatic carbocycles. The third kappa shape index (κ3) is 5.39. The number of anilines is 1. The molecule has 1 N–H and O–H groups in total. The van der Waals surface area contributed by atoms with Gasteiger partial charge in [-0.1, -0.05) is 23.7 Å². The molecular weight excluding hydrogens is 559 g/mol. The number of hydrogen-bond acceptors (Lipinski definition) is 5. The highest BCUT2D eigenvalue weighted by Crippen LogP contribution is 2.44. The maximum Gasteiger partial charge on any atom is 0.255 e. The summed E-state index contributed by atoms with van der Waals surface area (Å²) in [4.78, 5) is 17.7. The Labute approximate surface area is 240 Å². The van der Waals surface area contributed by atoms with Crippen molar-refractivity contribution in [1.29, 1.82) is 0 Å². The van der Waals surface area contributed by atoms with Crippen LogP contribution in [0.5, 0.6) is 5.75 Å². The molecule has 0 aliphatic carbocycles. The van der Waals surface area contributed by atoms with Gasteiger partial charge in [0, 0.05) is 43.2 Å². The summed E-state index contributed by atoms with van der Waals surface area (Å²) in [5.74, 6) is -1.68. The van der Waals surface area contributed by atoms with Crippen LogP contribution in [0.2, 0.25) is 5.02 Å². The van der Waals surface area contributed by atoms with E-state index >= 15 is 0 Å². The van der Waals surface area contributed by atoms with Crippen LogP contribution >= 0.6 is 23.5 Å². The maximum atomic E-state index is 15.0. The van der Waals surface area contributed by atoms with Gasteiger partial charge in [0.1, 0.15) is 11.6 Å². The number of hydrogen-bond donors (Lipinski definition) is 1. The molecule has 0 spiro atoms. The predicted octanol–water partition coefficient (Wildman–Crippen LogP) is 6.84. The number of benzene rings is 3. The lowest BCUT2D eigenvalue weighted by Gasteiger charge is -2.43. The van der Waals surface area contributed by atoms with Crippen LogP contribution in [0.3, 0.4) is 0 Å². The number of nitrogens with zero attached hydrogens (tertiary/aromatic N) is 3. The Balaban J connectivity index is 1.14. The molecule has 3 aliphatic heterocycles. The fourth-order valence-electron chi connectivity index (χ4n) is 6.27. The highest BCUT2D eigenvalue weighted by Gasteiger charge is 2.43. The lowest BCUT2D eigenvalue weighted by Crippen LogP contribution is -2.55. The van der Waals surface area contributed by atoms with Crippen LogP contribution in [0.25, 0.3) is 0 Å². The maximum absolute atomic E-state index is 15.0. The fraction of sp³-hybridized carbons (Fsp3) is 0.367. The van der Waals surface area contributed by atoms with E-state index in [2.05, 4.69) is 9.21 Å². The second kappa shape index (κ2) is 11.2. The molecule has 3 aliphatic rings. The van der Waals surface area contributed by atoms with Crippen LogP contribution < -0.4 is 4.90 Å². The zero-order valence-corrected chi connectivity index (χ0v) is 23.3. The Morgan fingerprint density at radius 2 is 1.52 bits per heavy atom. The molecule has 0 radical (unpaired) electrons. The number of phenols is 1. The molecule has 5 nitrogen and oxygen atoms in total. The molecule has 3 heterocycles. The summed E-state index contributed by atoms with van der Waals surface area (Å²) in [7, 11) is 0. The van der Waals surface area contributed by atoms with Crippen molar-refractivity contribution in [2.24, 2.45) is 0 Å². The normalized spacial score (nSPS) is 21.7. The molecule has 210 valence electrons. The van der Waals surface area contributed by atoms with Gasteiger partial charge in [-0.15, -0.1) is 0 Å². The lowest BCUT2D eigenvalue weighted by molar-refractivity contribution is 0.0718. The van der Waals surface area contributed by atoms with Crippen molar-refractivity contribution in [3.05, 3.63) is 88.2 Å². The number of phenolic OH excluding ortho intramolecular Hbond substituents is 1. The standard InChI is InChI=1S/C30H29ClF3N3O2S/c31-26-13-21(33)5-8-25(26)30(39)35-16-22-6-7-23(17-35)37(22)28-15-24(14-27(34)29(28)38)40-36-11-9-19(10-12-36)18-1-3-20(32)4-2-18/h1-5,8,13-15,19,22-23,38H,6-7,9-12,16-17H2. The summed E-state index contributed by atoms with van der Waals surface area (Å²) >= 11 is 7.62. The SMILES string of the molecule is O=C(c1ccc(F)cc1Cl)N1CC2CCC(C1)N2c1cc(SN2CCC(c3ccc(F)cc3)CC2)cc(F)c1O. The Morgan fingerprint density at radius 1 is 0.875 bits per heavy atom. The van der Waals surface area contributed by atoms with Crippen LogP contribution in [-0.2, 0) is 0 Å². The molecule has 3 fully saturated rings. The van der Waals surface area contributed by atoms with E-state index in [1.165, 1.54) is 42.3 Å². The van der Waals surface area contributed by atoms with Gasteiger partial charge in [0.25, 0.3) is 5.91 Å². The van der Waals surface area contributed by atoms with Crippen molar-refractivity contribution in [1.82, 2.24) is 9.21 Å². The minimum absolute atomic E-state index is 0.0749. The number of likely N-dealkylation sites (tertiary alicyclic amines) is 1. The van der Waals surface area contributed by atoms with Crippen molar-refractivity contribution in [3.8, 4) is 5.75 Å². The van der Waals surface area contributed by atoms with Gasteiger partial charge >= 0.3 is 0 Å². The number of aromatic hydroxyl groups is 1. The van der Waals surface area contributed by atoms with Gasteiger partial charge < -0.3 is 14.9 Å². The van der Waals surface area contributed by atoms with E-state index in [0.717, 1.165) is 50.4 Å². The topological polar surface area (TPSA) is 47.0 Å². The molecule has 3 aromatic rings. The largest absolute Gasteiger partial charge is 0.503 e. The first-order valence-electron chi connectivity index (χ1n) is 13.5. The van der Waals surface area contributed by atoms with Crippen molar-refractivity contribution in [2.75, 3.05) is 31.1 Å². The lowest BCUT2D eigenvalue weighted by atomic mass is 9.90. The van der Waals surface area contributed by atoms with E-state index in [9.17, 15) is 23.1 Å². The monoisotopic (exact) mass is 587 g/mol. The van der Waals surface area contributed by atoms with Crippen molar-refractivity contribution in [2.45, 2.75) is 48.6 Å². The zero-order chi connectivity index (χ0) is 28.0. The average Bonchev–Trinajstić information content (AvgIpc) is 3.19. The molecule has 1 amide bonds. The second-order valence-electron chi connectivity index (χ2n) is 10.7. The third-order valence-corrected chi connectivity index (χ3v) is 9.64. The molecule has 6 rings (SSSR count). The highest BCUT2D eigenvalue weighted by molar-refractivity contribution is 7.97. The molecule has 2 unspecified atom stereocenters. The van der Waals surface area contributed by atoms with Crippen LogP contribution in [0.15, 0.2) is 59.5 Å². The Morgan fingerprint density at radius 3 is 2.17 bits per heavy atom. The number of carbonyl (C=O) groups excluding carboxylic acids is 1. The third-order valence-electron chi connectivity index (χ3n) is 8.26. The molecular formula is C30H29ClF3N3O2S. The molecule has 2 atom stereocenters. The summed E-state index contributed by atoms with van der Waals surface area (Å²) in [6, 6.07) is 13.5. The van der Waals surface area contributed by atoms with Crippen LogP contribution in [0.4, 0.5) is 18.9 Å². The van der Waals surface area contributed by atoms with Gasteiger partial charge in [-0.3, -0.25) is 4.79 Å². The number of halogens is 4. The summed E-state index contributed by atoms with van der Waals surface area (Å²) in [5.41, 5.74) is 1.84. The fourth-order valence-corrected chi connectivity index (χ4v) is 7.53. The summed E-state index contributed by atoms with van der Waals surface area (Å²) in [6.45, 7) is 2.42. The Hall–Kier alpha value is -2.88. The van der Waals surface area contributed by atoms with Gasteiger partial charge in [0.05, 0.1) is 16.3 Å². The predicted molar refractivity (Wildman–Crippen MR) is 150 cm³/mol. The van der Waals surface area contributed by atoms with E-state index in [1.54, 1.807) is 4.90 Å². The first kappa shape index (κ1) is 27.3. The zero-order valence-electron chi connectivity index (χ0n) is 21.7. The van der Waals surface area contributed by atoms with Crippen LogP contribution in [0.1, 0.15) is 47.5 Å². The average molecular weight is 588 g/mol. The number of carbonyl (C=O) groups is 1. The minimum atomic E-state index is -0.669. The van der Waals surface area contributed by atoms with Crippen LogP contribution in [-0.4, -0.2) is 58.5 Å². The second-order valence-corrected chi connectivity index (χ2v) is 12.3. The molecule has 0 saturated carbocycles. The molecule has 0 aromatic heterocycles. The van der Waals surface area contributed by atoms with Crippen molar-refractivity contribution >= 4 is 35.1 Å². The summed E-state index contributed by atoms with van der Waals surface area (Å²) in [6.07, 6.45) is 3.45.